The Morgan fingerprint density at radius 3 is 2.77 bits per heavy atom. The van der Waals surface area contributed by atoms with Gasteiger partial charge in [-0.15, -0.1) is 0 Å². The summed E-state index contributed by atoms with van der Waals surface area (Å²) in [4.78, 5) is 16.9. The summed E-state index contributed by atoms with van der Waals surface area (Å²) in [7, 11) is 1.65. The third-order valence-electron chi connectivity index (χ3n) is 4.72. The molecular formula is C18H23BrN6O. The van der Waals surface area contributed by atoms with Crippen molar-refractivity contribution in [1.29, 1.82) is 0 Å². The van der Waals surface area contributed by atoms with Gasteiger partial charge in [-0.05, 0) is 31.0 Å². The number of imidazole rings is 1. The monoisotopic (exact) mass is 418 g/mol. The van der Waals surface area contributed by atoms with Gasteiger partial charge in [0.05, 0.1) is 24.8 Å². The van der Waals surface area contributed by atoms with Crippen molar-refractivity contribution >= 4 is 38.7 Å². The van der Waals surface area contributed by atoms with Crippen LogP contribution < -0.4 is 16.2 Å². The van der Waals surface area contributed by atoms with Gasteiger partial charge in [0.1, 0.15) is 11.3 Å². The van der Waals surface area contributed by atoms with E-state index in [4.69, 9.17) is 9.72 Å². The Hall–Kier alpha value is -2.19. The first kappa shape index (κ1) is 18.6. The van der Waals surface area contributed by atoms with Crippen molar-refractivity contribution < 1.29 is 4.74 Å². The number of ether oxygens (including phenoxy) is 1. The van der Waals surface area contributed by atoms with Gasteiger partial charge in [0.15, 0.2) is 5.65 Å². The summed E-state index contributed by atoms with van der Waals surface area (Å²) >= 11 is 3.46. The van der Waals surface area contributed by atoms with E-state index >= 15 is 0 Å². The topological polar surface area (TPSA) is 111 Å². The Balaban J connectivity index is 0.00000196. The van der Waals surface area contributed by atoms with Gasteiger partial charge in [-0.2, -0.15) is 4.98 Å². The molecule has 1 aromatic carbocycles. The van der Waals surface area contributed by atoms with Gasteiger partial charge in [-0.25, -0.2) is 9.97 Å². The second kappa shape index (κ2) is 8.01. The van der Waals surface area contributed by atoms with Crippen LogP contribution in [0.3, 0.4) is 0 Å². The zero-order chi connectivity index (χ0) is 17.2. The average molecular weight is 419 g/mol. The second-order valence-corrected chi connectivity index (χ2v) is 7.25. The maximum Gasteiger partial charge on any atom is 0.229 e. The van der Waals surface area contributed by atoms with E-state index in [-0.39, 0.29) is 6.15 Å². The number of anilines is 2. The molecule has 7 nitrogen and oxygen atoms in total. The van der Waals surface area contributed by atoms with E-state index in [9.17, 15) is 0 Å². The minimum absolute atomic E-state index is 0. The van der Waals surface area contributed by atoms with Gasteiger partial charge in [0, 0.05) is 10.4 Å². The Kier molecular flexibility index (Phi) is 5.73. The van der Waals surface area contributed by atoms with Crippen molar-refractivity contribution in [2.75, 3.05) is 12.4 Å². The average Bonchev–Trinajstić information content (AvgIpc) is 3.11. The van der Waals surface area contributed by atoms with E-state index in [1.54, 1.807) is 13.4 Å². The summed E-state index contributed by atoms with van der Waals surface area (Å²) in [5.74, 6) is 1.76. The Bertz CT molecular complexity index is 891. The highest BCUT2D eigenvalue weighted by atomic mass is 79.9. The molecule has 138 valence electrons. The lowest BCUT2D eigenvalue weighted by Crippen LogP contribution is -2.10. The number of aromatic nitrogens is 4. The number of nitrogens with zero attached hydrogens (tertiary/aromatic N) is 3. The highest BCUT2D eigenvalue weighted by molar-refractivity contribution is 9.10. The number of rotatable bonds is 4. The van der Waals surface area contributed by atoms with Crippen LogP contribution in [0.15, 0.2) is 29.0 Å². The summed E-state index contributed by atoms with van der Waals surface area (Å²) in [6.45, 7) is 0. The lowest BCUT2D eigenvalue weighted by Gasteiger charge is -2.21. The number of benzene rings is 1. The quantitative estimate of drug-likeness (QED) is 0.544. The van der Waals surface area contributed by atoms with Gasteiger partial charge in [0.2, 0.25) is 5.95 Å². The fourth-order valence-corrected chi connectivity index (χ4v) is 3.81. The summed E-state index contributed by atoms with van der Waals surface area (Å²) in [5, 5.41) is 3.29. The molecule has 0 spiro atoms. The number of hydrogen-bond acceptors (Lipinski definition) is 6. The van der Waals surface area contributed by atoms with Crippen LogP contribution in [0.4, 0.5) is 11.6 Å². The number of nitrogens with one attached hydrogen (secondary N) is 2. The van der Waals surface area contributed by atoms with Crippen LogP contribution in [0, 0.1) is 0 Å². The van der Waals surface area contributed by atoms with Crippen molar-refractivity contribution in [3.8, 4) is 5.75 Å². The summed E-state index contributed by atoms with van der Waals surface area (Å²) in [6.07, 6.45) is 7.87. The number of aromatic amines is 1. The fraction of sp³-hybridized carbons (Fsp3) is 0.389. The van der Waals surface area contributed by atoms with Gasteiger partial charge in [-0.1, -0.05) is 35.2 Å². The Labute approximate surface area is 160 Å². The molecule has 1 aliphatic carbocycles. The van der Waals surface area contributed by atoms with Crippen LogP contribution in [0.5, 0.6) is 5.75 Å². The SMILES string of the molecule is COc1cc(Br)ccc1Nc1nc(C2CCCCC2)c2[nH]cnc2n1.N. The molecule has 0 atom stereocenters. The van der Waals surface area contributed by atoms with Gasteiger partial charge in [-0.3, -0.25) is 0 Å². The molecule has 0 radical (unpaired) electrons. The number of fused-ring (bicyclic) bond motifs is 1. The molecule has 0 bridgehead atoms. The van der Waals surface area contributed by atoms with E-state index in [1.807, 2.05) is 18.2 Å². The van der Waals surface area contributed by atoms with Gasteiger partial charge < -0.3 is 21.2 Å². The lowest BCUT2D eigenvalue weighted by atomic mass is 9.86. The molecule has 1 fully saturated rings. The zero-order valence-electron chi connectivity index (χ0n) is 14.8. The second-order valence-electron chi connectivity index (χ2n) is 6.34. The molecule has 1 aliphatic rings. The maximum absolute atomic E-state index is 5.45. The largest absolute Gasteiger partial charge is 0.495 e. The minimum atomic E-state index is 0. The maximum atomic E-state index is 5.45. The molecule has 0 aliphatic heterocycles. The van der Waals surface area contributed by atoms with E-state index in [0.717, 1.165) is 27.1 Å². The first-order valence-electron chi connectivity index (χ1n) is 8.56. The molecule has 3 aromatic rings. The number of halogens is 1. The van der Waals surface area contributed by atoms with Crippen molar-refractivity contribution in [2.24, 2.45) is 0 Å². The predicted octanol–water partition coefficient (Wildman–Crippen LogP) is 5.08. The first-order valence-corrected chi connectivity index (χ1v) is 9.35. The molecule has 0 saturated heterocycles. The molecule has 1 saturated carbocycles. The predicted molar refractivity (Wildman–Crippen MR) is 107 cm³/mol. The van der Waals surface area contributed by atoms with Crippen LogP contribution in [0.2, 0.25) is 0 Å². The van der Waals surface area contributed by atoms with E-state index in [1.165, 1.54) is 32.1 Å². The normalized spacial score (nSPS) is 14.8. The van der Waals surface area contributed by atoms with Crippen LogP contribution in [0.25, 0.3) is 11.2 Å². The van der Waals surface area contributed by atoms with Crippen LogP contribution in [0.1, 0.15) is 43.7 Å². The highest BCUT2D eigenvalue weighted by Gasteiger charge is 2.22. The first-order chi connectivity index (χ1) is 12.2. The highest BCUT2D eigenvalue weighted by Crippen LogP contribution is 2.35. The van der Waals surface area contributed by atoms with Crippen molar-refractivity contribution in [2.45, 2.75) is 38.0 Å². The number of H-pyrrole nitrogens is 1. The lowest BCUT2D eigenvalue weighted by molar-refractivity contribution is 0.416. The smallest absolute Gasteiger partial charge is 0.229 e. The van der Waals surface area contributed by atoms with Crippen molar-refractivity contribution in [3.05, 3.63) is 34.7 Å². The van der Waals surface area contributed by atoms with Gasteiger partial charge in [0.25, 0.3) is 0 Å². The molecule has 0 amide bonds. The van der Waals surface area contributed by atoms with Crippen LogP contribution in [-0.2, 0) is 0 Å². The zero-order valence-corrected chi connectivity index (χ0v) is 16.3. The van der Waals surface area contributed by atoms with Crippen LogP contribution in [-0.4, -0.2) is 27.0 Å². The fourth-order valence-electron chi connectivity index (χ4n) is 3.47. The summed E-state index contributed by atoms with van der Waals surface area (Å²) in [6, 6.07) is 5.82. The number of hydrogen-bond donors (Lipinski definition) is 3. The Morgan fingerprint density at radius 2 is 2.00 bits per heavy atom. The van der Waals surface area contributed by atoms with Crippen molar-refractivity contribution in [1.82, 2.24) is 26.1 Å². The third kappa shape index (κ3) is 3.66. The summed E-state index contributed by atoms with van der Waals surface area (Å²) < 4.78 is 6.41. The van der Waals surface area contributed by atoms with Gasteiger partial charge >= 0.3 is 0 Å². The third-order valence-corrected chi connectivity index (χ3v) is 5.21. The molecule has 2 heterocycles. The molecule has 26 heavy (non-hydrogen) atoms. The van der Waals surface area contributed by atoms with E-state index in [0.29, 0.717) is 17.5 Å². The molecule has 4 rings (SSSR count). The molecule has 8 heteroatoms. The molecule has 5 N–H and O–H groups in total. The van der Waals surface area contributed by atoms with E-state index in [2.05, 4.69) is 36.2 Å². The van der Waals surface area contributed by atoms with E-state index < -0.39 is 0 Å². The molecule has 2 aromatic heterocycles. The van der Waals surface area contributed by atoms with Crippen molar-refractivity contribution in [3.63, 3.8) is 0 Å². The standard InChI is InChI=1S/C18H20BrN5O.H3N/c1-25-14-9-12(19)7-8-13(14)22-18-23-15(11-5-3-2-4-6-11)16-17(24-18)21-10-20-16;/h7-11H,2-6H2,1H3,(H2,20,21,22,23,24);1H3. The molecular weight excluding hydrogens is 396 g/mol. The Morgan fingerprint density at radius 1 is 1.19 bits per heavy atom. The minimum Gasteiger partial charge on any atom is -0.495 e. The number of methoxy groups -OCH3 is 1. The molecule has 0 unspecified atom stereocenters. The summed E-state index contributed by atoms with van der Waals surface area (Å²) in [5.41, 5.74) is 3.56. The van der Waals surface area contributed by atoms with Crippen LogP contribution >= 0.6 is 15.9 Å².